The van der Waals surface area contributed by atoms with Crippen molar-refractivity contribution in [1.29, 1.82) is 0 Å². The molecule has 0 bridgehead atoms. The molecule has 1 atom stereocenters. The number of carbonyl (C=O) groups is 1. The van der Waals surface area contributed by atoms with Crippen LogP contribution in [0.3, 0.4) is 0 Å². The minimum Gasteiger partial charge on any atom is -0.462 e. The molecule has 6 heteroatoms. The van der Waals surface area contributed by atoms with Crippen LogP contribution >= 0.6 is 33.2 Å². The van der Waals surface area contributed by atoms with Crippen molar-refractivity contribution in [3.05, 3.63) is 12.2 Å². The van der Waals surface area contributed by atoms with Gasteiger partial charge in [0.1, 0.15) is 0 Å². The summed E-state index contributed by atoms with van der Waals surface area (Å²) in [6.07, 6.45) is 5.29. The molecular formula is C13H23Cl3O2Si. The van der Waals surface area contributed by atoms with E-state index in [0.717, 1.165) is 38.1 Å². The van der Waals surface area contributed by atoms with E-state index in [4.69, 9.17) is 38.0 Å². The van der Waals surface area contributed by atoms with E-state index >= 15 is 0 Å². The Morgan fingerprint density at radius 2 is 1.79 bits per heavy atom. The van der Waals surface area contributed by atoms with Crippen molar-refractivity contribution >= 4 is 45.2 Å². The van der Waals surface area contributed by atoms with Gasteiger partial charge in [-0.1, -0.05) is 39.2 Å². The summed E-state index contributed by atoms with van der Waals surface area (Å²) in [5.74, 6) is 0.168. The quantitative estimate of drug-likeness (QED) is 0.175. The van der Waals surface area contributed by atoms with Gasteiger partial charge in [0.15, 0.2) is 0 Å². The molecule has 0 N–H and O–H groups in total. The SMILES string of the molecule is C=C(C)C(=O)OCCCCCCC(C)C[Si](Cl)(Cl)Cl. The second-order valence-corrected chi connectivity index (χ2v) is 14.2. The molecule has 0 amide bonds. The molecule has 0 saturated heterocycles. The molecule has 0 aliphatic rings. The Bertz CT molecular complexity index is 290. The summed E-state index contributed by atoms with van der Waals surface area (Å²) in [5.41, 5.74) is 0.449. The summed E-state index contributed by atoms with van der Waals surface area (Å²) in [6, 6.07) is -1.74. The number of rotatable bonds is 10. The minimum absolute atomic E-state index is 0.304. The largest absolute Gasteiger partial charge is 0.462 e. The van der Waals surface area contributed by atoms with E-state index in [9.17, 15) is 4.79 Å². The van der Waals surface area contributed by atoms with Gasteiger partial charge in [0.05, 0.1) is 6.61 Å². The van der Waals surface area contributed by atoms with Crippen LogP contribution in [-0.4, -0.2) is 18.6 Å². The highest BCUT2D eigenvalue weighted by Crippen LogP contribution is 2.31. The lowest BCUT2D eigenvalue weighted by molar-refractivity contribution is -0.139. The van der Waals surface area contributed by atoms with E-state index in [2.05, 4.69) is 13.5 Å². The van der Waals surface area contributed by atoms with Crippen LogP contribution in [0.25, 0.3) is 0 Å². The van der Waals surface area contributed by atoms with Gasteiger partial charge < -0.3 is 4.74 Å². The van der Waals surface area contributed by atoms with Gasteiger partial charge in [-0.3, -0.25) is 0 Å². The lowest BCUT2D eigenvalue weighted by Crippen LogP contribution is -2.13. The number of hydrogen-bond acceptors (Lipinski definition) is 2. The maximum Gasteiger partial charge on any atom is 0.341 e. The molecule has 19 heavy (non-hydrogen) atoms. The van der Waals surface area contributed by atoms with Crippen molar-refractivity contribution < 1.29 is 9.53 Å². The molecule has 1 unspecified atom stereocenters. The zero-order valence-corrected chi connectivity index (χ0v) is 15.0. The third-order valence-corrected chi connectivity index (χ3v) is 5.30. The molecular weight excluding hydrogens is 323 g/mol. The monoisotopic (exact) mass is 344 g/mol. The van der Waals surface area contributed by atoms with Gasteiger partial charge in [-0.05, 0) is 25.3 Å². The lowest BCUT2D eigenvalue weighted by Gasteiger charge is -2.14. The van der Waals surface area contributed by atoms with E-state index in [0.29, 0.717) is 18.1 Å². The van der Waals surface area contributed by atoms with E-state index in [1.54, 1.807) is 6.92 Å². The number of unbranched alkanes of at least 4 members (excludes halogenated alkanes) is 3. The second kappa shape index (κ2) is 10.1. The molecule has 112 valence electrons. The van der Waals surface area contributed by atoms with E-state index in [1.807, 2.05) is 0 Å². The summed E-state index contributed by atoms with van der Waals surface area (Å²) >= 11 is 17.6. The average molecular weight is 346 g/mol. The van der Waals surface area contributed by atoms with Crippen LogP contribution in [0.4, 0.5) is 0 Å². The van der Waals surface area contributed by atoms with Gasteiger partial charge in [0.2, 0.25) is 0 Å². The third kappa shape index (κ3) is 13.1. The maximum absolute atomic E-state index is 11.1. The summed E-state index contributed by atoms with van der Waals surface area (Å²) in [5, 5.41) is 0. The van der Waals surface area contributed by atoms with Crippen molar-refractivity contribution in [1.82, 2.24) is 0 Å². The molecule has 0 fully saturated rings. The standard InChI is InChI=1S/C13H23Cl3O2Si/c1-11(2)13(17)18-9-7-5-4-6-8-12(3)10-19(14,15)16/h12H,1,4-10H2,2-3H3. The lowest BCUT2D eigenvalue weighted by atomic mass is 10.0. The summed E-state index contributed by atoms with van der Waals surface area (Å²) in [6.45, 7) is 7.78. The fourth-order valence-corrected chi connectivity index (χ4v) is 5.10. The Morgan fingerprint density at radius 1 is 1.21 bits per heavy atom. The summed E-state index contributed by atoms with van der Waals surface area (Å²) < 4.78 is 5.01. The highest BCUT2D eigenvalue weighted by molar-refractivity contribution is 7.64. The Kier molecular flexibility index (Phi) is 10.2. The van der Waals surface area contributed by atoms with Crippen molar-refractivity contribution in [2.24, 2.45) is 5.92 Å². The van der Waals surface area contributed by atoms with Crippen LogP contribution in [-0.2, 0) is 9.53 Å². The number of esters is 1. The highest BCUT2D eigenvalue weighted by atomic mass is 35.8. The topological polar surface area (TPSA) is 26.3 Å². The van der Waals surface area contributed by atoms with Crippen molar-refractivity contribution in [2.75, 3.05) is 6.61 Å². The highest BCUT2D eigenvalue weighted by Gasteiger charge is 2.27. The molecule has 0 aliphatic heterocycles. The molecule has 0 aromatic carbocycles. The van der Waals surface area contributed by atoms with Crippen LogP contribution in [0.5, 0.6) is 0 Å². The zero-order chi connectivity index (χ0) is 14.9. The molecule has 0 heterocycles. The minimum atomic E-state index is -2.47. The van der Waals surface area contributed by atoms with Gasteiger partial charge in [-0.2, -0.15) is 0 Å². The molecule has 0 spiro atoms. The molecule has 0 rings (SSSR count). The smallest absolute Gasteiger partial charge is 0.341 e. The van der Waals surface area contributed by atoms with E-state index in [1.165, 1.54) is 0 Å². The maximum atomic E-state index is 11.1. The second-order valence-electron chi connectivity index (χ2n) is 5.04. The van der Waals surface area contributed by atoms with Gasteiger partial charge in [-0.15, -0.1) is 33.2 Å². The first-order chi connectivity index (χ1) is 8.72. The van der Waals surface area contributed by atoms with Gasteiger partial charge >= 0.3 is 12.0 Å². The first kappa shape index (κ1) is 19.3. The van der Waals surface area contributed by atoms with Crippen LogP contribution < -0.4 is 0 Å². The molecule has 0 aliphatic carbocycles. The van der Waals surface area contributed by atoms with Crippen LogP contribution in [0, 0.1) is 5.92 Å². The third-order valence-electron chi connectivity index (χ3n) is 2.75. The predicted molar refractivity (Wildman–Crippen MR) is 86.1 cm³/mol. The van der Waals surface area contributed by atoms with Gasteiger partial charge in [-0.25, -0.2) is 4.79 Å². The zero-order valence-electron chi connectivity index (χ0n) is 11.7. The first-order valence-electron chi connectivity index (χ1n) is 6.61. The number of ether oxygens (including phenoxy) is 1. The Balaban J connectivity index is 3.41. The van der Waals surface area contributed by atoms with E-state index < -0.39 is 6.00 Å². The average Bonchev–Trinajstić information content (AvgIpc) is 2.24. The van der Waals surface area contributed by atoms with Gasteiger partial charge in [0, 0.05) is 5.57 Å². The number of halogens is 3. The first-order valence-corrected chi connectivity index (χ1v) is 11.9. The summed E-state index contributed by atoms with van der Waals surface area (Å²) in [7, 11) is 0. The molecule has 2 nitrogen and oxygen atoms in total. The van der Waals surface area contributed by atoms with Crippen molar-refractivity contribution in [3.63, 3.8) is 0 Å². The summed E-state index contributed by atoms with van der Waals surface area (Å²) in [4.78, 5) is 11.1. The fourth-order valence-electron chi connectivity index (χ4n) is 1.73. The van der Waals surface area contributed by atoms with Crippen molar-refractivity contribution in [2.45, 2.75) is 52.0 Å². The normalized spacial score (nSPS) is 13.1. The van der Waals surface area contributed by atoms with Crippen LogP contribution in [0.2, 0.25) is 6.04 Å². The number of carbonyl (C=O) groups excluding carboxylic acids is 1. The van der Waals surface area contributed by atoms with Crippen molar-refractivity contribution in [3.8, 4) is 0 Å². The Hall–Kier alpha value is 0.297. The predicted octanol–water partition coefficient (Wildman–Crippen LogP) is 5.35. The fraction of sp³-hybridized carbons (Fsp3) is 0.769. The molecule has 0 radical (unpaired) electrons. The molecule has 0 aromatic rings. The molecule has 0 aromatic heterocycles. The van der Waals surface area contributed by atoms with Gasteiger partial charge in [0.25, 0.3) is 0 Å². The number of hydrogen-bond donors (Lipinski definition) is 0. The Morgan fingerprint density at radius 3 is 2.32 bits per heavy atom. The van der Waals surface area contributed by atoms with Crippen LogP contribution in [0.1, 0.15) is 46.0 Å². The van der Waals surface area contributed by atoms with Crippen LogP contribution in [0.15, 0.2) is 12.2 Å². The molecule has 0 saturated carbocycles. The van der Waals surface area contributed by atoms with E-state index in [-0.39, 0.29) is 5.97 Å². The Labute approximate surface area is 131 Å².